The molecule has 2 aromatic heterocycles. The topological polar surface area (TPSA) is 67.2 Å². The van der Waals surface area contributed by atoms with Gasteiger partial charge >= 0.3 is 5.97 Å². The van der Waals surface area contributed by atoms with E-state index in [1.54, 1.807) is 0 Å². The molecule has 0 atom stereocenters. The summed E-state index contributed by atoms with van der Waals surface area (Å²) in [6.45, 7) is 2.78. The molecule has 0 unspecified atom stereocenters. The summed E-state index contributed by atoms with van der Waals surface area (Å²) < 4.78 is 8.54. The number of hydrogen-bond acceptors (Lipinski definition) is 2. The van der Waals surface area contributed by atoms with Crippen molar-refractivity contribution in [3.63, 3.8) is 0 Å². The molecule has 2 N–H and O–H groups in total. The van der Waals surface area contributed by atoms with E-state index >= 15 is 0 Å². The van der Waals surface area contributed by atoms with Gasteiger partial charge in [0.2, 0.25) is 0 Å². The van der Waals surface area contributed by atoms with Crippen molar-refractivity contribution < 1.29 is 14.6 Å². The number of fused-ring (bicyclic) bond motifs is 2. The SMILES string of the molecule is CCCc1c(OCCc2cc3cc(CCC(=O)O)ccc3[nH]2)ccc2c1ccn2-c1ccccc1. The minimum absolute atomic E-state index is 0.149. The van der Waals surface area contributed by atoms with E-state index in [0.717, 1.165) is 52.9 Å². The summed E-state index contributed by atoms with van der Waals surface area (Å²) in [5, 5.41) is 11.3. The third-order valence-corrected chi connectivity index (χ3v) is 6.47. The van der Waals surface area contributed by atoms with Crippen LogP contribution < -0.4 is 4.74 Å². The second-order valence-electron chi connectivity index (χ2n) is 8.95. The Labute approximate surface area is 205 Å². The van der Waals surface area contributed by atoms with E-state index < -0.39 is 5.97 Å². The Bertz CT molecular complexity index is 1460. The third-order valence-electron chi connectivity index (χ3n) is 6.47. The number of nitrogens with one attached hydrogen (secondary N) is 1. The molecule has 35 heavy (non-hydrogen) atoms. The fraction of sp³-hybridized carbons (Fsp3) is 0.233. The van der Waals surface area contributed by atoms with Crippen LogP contribution in [0.3, 0.4) is 0 Å². The molecule has 0 saturated carbocycles. The first-order valence-electron chi connectivity index (χ1n) is 12.3. The normalized spacial score (nSPS) is 11.3. The number of H-pyrrole nitrogens is 1. The molecule has 0 fully saturated rings. The van der Waals surface area contributed by atoms with Crippen molar-refractivity contribution in [2.24, 2.45) is 0 Å². The standard InChI is InChI=1S/C30H30N2O3/c1-2-6-26-25-15-17-32(24-7-4-3-5-8-24)28(25)12-13-29(26)35-18-16-23-20-22-19-21(10-14-30(33)34)9-11-27(22)31-23/h3-5,7-9,11-13,15,17,19-20,31H,2,6,10,14,16,18H2,1H3,(H,33,34). The summed E-state index contributed by atoms with van der Waals surface area (Å²) in [5.41, 5.74) is 6.84. The lowest BCUT2D eigenvalue weighted by Gasteiger charge is -2.13. The summed E-state index contributed by atoms with van der Waals surface area (Å²) >= 11 is 0. The smallest absolute Gasteiger partial charge is 0.303 e. The maximum Gasteiger partial charge on any atom is 0.303 e. The van der Waals surface area contributed by atoms with Crippen LogP contribution in [0.5, 0.6) is 5.75 Å². The second-order valence-corrected chi connectivity index (χ2v) is 8.95. The Balaban J connectivity index is 1.32. The number of carboxylic acid groups (broad SMARTS) is 1. The fourth-order valence-corrected chi connectivity index (χ4v) is 4.77. The lowest BCUT2D eigenvalue weighted by Crippen LogP contribution is -2.04. The molecule has 5 nitrogen and oxygen atoms in total. The van der Waals surface area contributed by atoms with Crippen LogP contribution in [0.15, 0.2) is 79.0 Å². The number of carboxylic acids is 1. The number of hydrogen-bond donors (Lipinski definition) is 2. The number of nitrogens with zero attached hydrogens (tertiary/aromatic N) is 1. The van der Waals surface area contributed by atoms with Gasteiger partial charge in [0.1, 0.15) is 5.75 Å². The third kappa shape index (κ3) is 4.94. The number of aromatic amines is 1. The zero-order valence-corrected chi connectivity index (χ0v) is 20.0. The lowest BCUT2D eigenvalue weighted by atomic mass is 10.0. The van der Waals surface area contributed by atoms with Gasteiger partial charge in [0.25, 0.3) is 0 Å². The van der Waals surface area contributed by atoms with Gasteiger partial charge in [-0.2, -0.15) is 0 Å². The number of aromatic nitrogens is 2. The summed E-state index contributed by atoms with van der Waals surface area (Å²) in [7, 11) is 0. The summed E-state index contributed by atoms with van der Waals surface area (Å²) in [6.07, 6.45) is 5.63. The average molecular weight is 467 g/mol. The highest BCUT2D eigenvalue weighted by molar-refractivity contribution is 5.87. The molecular weight excluding hydrogens is 436 g/mol. The number of aliphatic carboxylic acids is 1. The Morgan fingerprint density at radius 2 is 1.83 bits per heavy atom. The molecule has 0 aliphatic carbocycles. The van der Waals surface area contributed by atoms with Gasteiger partial charge in [0, 0.05) is 46.9 Å². The molecule has 2 heterocycles. The highest BCUT2D eigenvalue weighted by Crippen LogP contribution is 2.32. The number of para-hydroxylation sites is 1. The molecule has 3 aromatic carbocycles. The second kappa shape index (κ2) is 10.1. The number of benzene rings is 3. The van der Waals surface area contributed by atoms with Crippen molar-refractivity contribution in [3.8, 4) is 11.4 Å². The Kier molecular flexibility index (Phi) is 6.57. The molecule has 5 rings (SSSR count). The molecule has 0 bridgehead atoms. The van der Waals surface area contributed by atoms with Crippen molar-refractivity contribution in [2.45, 2.75) is 39.0 Å². The van der Waals surface area contributed by atoms with Crippen molar-refractivity contribution >= 4 is 27.8 Å². The van der Waals surface area contributed by atoms with Gasteiger partial charge < -0.3 is 19.4 Å². The highest BCUT2D eigenvalue weighted by atomic mass is 16.5. The van der Waals surface area contributed by atoms with E-state index in [9.17, 15) is 4.79 Å². The van der Waals surface area contributed by atoms with Crippen LogP contribution in [0.4, 0.5) is 0 Å². The predicted octanol–water partition coefficient (Wildman–Crippen LogP) is 6.70. The van der Waals surface area contributed by atoms with E-state index in [-0.39, 0.29) is 6.42 Å². The van der Waals surface area contributed by atoms with Crippen LogP contribution in [-0.4, -0.2) is 27.2 Å². The largest absolute Gasteiger partial charge is 0.493 e. The monoisotopic (exact) mass is 466 g/mol. The van der Waals surface area contributed by atoms with E-state index in [1.165, 1.54) is 16.5 Å². The number of ether oxygens (including phenoxy) is 1. The van der Waals surface area contributed by atoms with E-state index in [4.69, 9.17) is 9.84 Å². The summed E-state index contributed by atoms with van der Waals surface area (Å²) in [4.78, 5) is 14.3. The molecule has 0 amide bonds. The first-order chi connectivity index (χ1) is 17.1. The van der Waals surface area contributed by atoms with Gasteiger partial charge in [-0.05, 0) is 72.3 Å². The van der Waals surface area contributed by atoms with E-state index in [1.807, 2.05) is 18.2 Å². The van der Waals surface area contributed by atoms with Gasteiger partial charge in [-0.25, -0.2) is 0 Å². The van der Waals surface area contributed by atoms with Crippen LogP contribution >= 0.6 is 0 Å². The lowest BCUT2D eigenvalue weighted by molar-refractivity contribution is -0.136. The van der Waals surface area contributed by atoms with Crippen molar-refractivity contribution in [2.75, 3.05) is 6.61 Å². The quantitative estimate of drug-likeness (QED) is 0.241. The van der Waals surface area contributed by atoms with E-state index in [0.29, 0.717) is 13.0 Å². The molecular formula is C30H30N2O3. The zero-order chi connectivity index (χ0) is 24.2. The van der Waals surface area contributed by atoms with Gasteiger partial charge in [-0.1, -0.05) is 37.6 Å². The summed E-state index contributed by atoms with van der Waals surface area (Å²) in [5.74, 6) is 0.187. The number of aryl methyl sites for hydroxylation is 2. The molecule has 0 radical (unpaired) electrons. The molecule has 5 heteroatoms. The minimum atomic E-state index is -0.769. The highest BCUT2D eigenvalue weighted by Gasteiger charge is 2.13. The predicted molar refractivity (Wildman–Crippen MR) is 141 cm³/mol. The van der Waals surface area contributed by atoms with Crippen molar-refractivity contribution in [1.29, 1.82) is 0 Å². The maximum atomic E-state index is 10.9. The average Bonchev–Trinajstić information content (AvgIpc) is 3.48. The molecule has 178 valence electrons. The molecule has 0 aliphatic rings. The maximum absolute atomic E-state index is 10.9. The first-order valence-corrected chi connectivity index (χ1v) is 12.3. The van der Waals surface area contributed by atoms with Gasteiger partial charge in [-0.3, -0.25) is 4.79 Å². The molecule has 0 aliphatic heterocycles. The Morgan fingerprint density at radius 1 is 0.971 bits per heavy atom. The first kappa shape index (κ1) is 22.8. The number of carbonyl (C=O) groups is 1. The molecule has 5 aromatic rings. The van der Waals surface area contributed by atoms with Gasteiger partial charge in [-0.15, -0.1) is 0 Å². The van der Waals surface area contributed by atoms with Crippen LogP contribution in [0.25, 0.3) is 27.5 Å². The fourth-order valence-electron chi connectivity index (χ4n) is 4.77. The molecule has 0 spiro atoms. The van der Waals surface area contributed by atoms with Gasteiger partial charge in [0.05, 0.1) is 12.1 Å². The van der Waals surface area contributed by atoms with Crippen LogP contribution in [-0.2, 0) is 24.1 Å². The van der Waals surface area contributed by atoms with Crippen molar-refractivity contribution in [3.05, 3.63) is 95.8 Å². The Hall–Kier alpha value is -3.99. The summed E-state index contributed by atoms with van der Waals surface area (Å²) in [6, 6.07) is 25.1. The Morgan fingerprint density at radius 3 is 2.63 bits per heavy atom. The van der Waals surface area contributed by atoms with Crippen LogP contribution in [0, 0.1) is 0 Å². The minimum Gasteiger partial charge on any atom is -0.493 e. The molecule has 0 saturated heterocycles. The van der Waals surface area contributed by atoms with Gasteiger partial charge in [0.15, 0.2) is 0 Å². The number of rotatable bonds is 10. The van der Waals surface area contributed by atoms with Crippen LogP contribution in [0.2, 0.25) is 0 Å². The van der Waals surface area contributed by atoms with Crippen molar-refractivity contribution in [1.82, 2.24) is 9.55 Å². The van der Waals surface area contributed by atoms with Crippen LogP contribution in [0.1, 0.15) is 36.6 Å². The zero-order valence-electron chi connectivity index (χ0n) is 20.0. The van der Waals surface area contributed by atoms with E-state index in [2.05, 4.69) is 77.3 Å².